The molecule has 1 heterocycles. The summed E-state index contributed by atoms with van der Waals surface area (Å²) in [6, 6.07) is 10.8. The van der Waals surface area contributed by atoms with Gasteiger partial charge in [-0.1, -0.05) is 6.07 Å². The summed E-state index contributed by atoms with van der Waals surface area (Å²) in [6.45, 7) is 4.16. The van der Waals surface area contributed by atoms with Crippen molar-refractivity contribution in [3.8, 4) is 11.5 Å². The minimum atomic E-state index is 0.0319. The first kappa shape index (κ1) is 20.4. The van der Waals surface area contributed by atoms with Crippen molar-refractivity contribution < 1.29 is 9.47 Å². The Bertz CT molecular complexity index is 802. The maximum atomic E-state index is 11.7. The molecule has 2 rings (SSSR count). The van der Waals surface area contributed by atoms with Crippen molar-refractivity contribution in [2.75, 3.05) is 32.6 Å². The van der Waals surface area contributed by atoms with Crippen molar-refractivity contribution in [1.82, 2.24) is 9.88 Å². The molecule has 2 N–H and O–H groups in total. The molecule has 1 aromatic carbocycles. The van der Waals surface area contributed by atoms with Gasteiger partial charge in [0.1, 0.15) is 0 Å². The highest BCUT2D eigenvalue weighted by Gasteiger charge is 2.06. The standard InChI is InChI=1S/C20H28N4O3/c1-4-21-20(23-16-10-11-17(26-2)18(15-16)27-3)22-12-6-8-14-24-13-7-5-9-19(24)25/h5,7,9-11,13,15H,4,6,8,12,14H2,1-3H3,(H2,21,22,23). The Morgan fingerprint density at radius 3 is 2.63 bits per heavy atom. The Morgan fingerprint density at radius 1 is 1.11 bits per heavy atom. The average molecular weight is 372 g/mol. The van der Waals surface area contributed by atoms with E-state index in [4.69, 9.17) is 9.47 Å². The Morgan fingerprint density at radius 2 is 1.93 bits per heavy atom. The molecule has 1 aromatic heterocycles. The second-order valence-corrected chi connectivity index (χ2v) is 5.89. The SMILES string of the molecule is CCNC(=NCCCCn1ccccc1=O)Nc1ccc(OC)c(OC)c1. The number of anilines is 1. The van der Waals surface area contributed by atoms with Crippen molar-refractivity contribution in [3.63, 3.8) is 0 Å². The fourth-order valence-corrected chi connectivity index (χ4v) is 2.59. The van der Waals surface area contributed by atoms with Crippen molar-refractivity contribution in [2.45, 2.75) is 26.3 Å². The zero-order chi connectivity index (χ0) is 19.5. The molecule has 27 heavy (non-hydrogen) atoms. The second-order valence-electron chi connectivity index (χ2n) is 5.89. The Labute approximate surface area is 160 Å². The van der Waals surface area contributed by atoms with Crippen molar-refractivity contribution >= 4 is 11.6 Å². The van der Waals surface area contributed by atoms with E-state index in [1.807, 2.05) is 37.4 Å². The van der Waals surface area contributed by atoms with E-state index in [-0.39, 0.29) is 5.56 Å². The van der Waals surface area contributed by atoms with E-state index >= 15 is 0 Å². The van der Waals surface area contributed by atoms with Crippen LogP contribution in [0.3, 0.4) is 0 Å². The van der Waals surface area contributed by atoms with Gasteiger partial charge in [0, 0.05) is 43.7 Å². The van der Waals surface area contributed by atoms with E-state index in [0.717, 1.165) is 25.1 Å². The van der Waals surface area contributed by atoms with Crippen LogP contribution in [0.1, 0.15) is 19.8 Å². The predicted molar refractivity (Wildman–Crippen MR) is 109 cm³/mol. The number of methoxy groups -OCH3 is 2. The number of benzene rings is 1. The van der Waals surface area contributed by atoms with Crippen LogP contribution < -0.4 is 25.7 Å². The third-order valence-corrected chi connectivity index (χ3v) is 3.97. The number of pyridine rings is 1. The van der Waals surface area contributed by atoms with Gasteiger partial charge in [-0.05, 0) is 38.0 Å². The first-order valence-electron chi connectivity index (χ1n) is 9.10. The molecular formula is C20H28N4O3. The van der Waals surface area contributed by atoms with E-state index in [2.05, 4.69) is 15.6 Å². The minimum Gasteiger partial charge on any atom is -0.493 e. The summed E-state index contributed by atoms with van der Waals surface area (Å²) >= 11 is 0. The van der Waals surface area contributed by atoms with Crippen molar-refractivity contribution in [1.29, 1.82) is 0 Å². The summed E-state index contributed by atoms with van der Waals surface area (Å²) in [5.41, 5.74) is 0.896. The lowest BCUT2D eigenvalue weighted by Crippen LogP contribution is -2.30. The number of guanidine groups is 1. The average Bonchev–Trinajstić information content (AvgIpc) is 2.69. The number of unbranched alkanes of at least 4 members (excludes halogenated alkanes) is 1. The fourth-order valence-electron chi connectivity index (χ4n) is 2.59. The van der Waals surface area contributed by atoms with E-state index < -0.39 is 0 Å². The number of rotatable bonds is 9. The van der Waals surface area contributed by atoms with Crippen LogP contribution in [0.5, 0.6) is 11.5 Å². The van der Waals surface area contributed by atoms with E-state index in [1.165, 1.54) is 0 Å². The predicted octanol–water partition coefficient (Wildman–Crippen LogP) is 2.72. The molecule has 7 heteroatoms. The lowest BCUT2D eigenvalue weighted by Gasteiger charge is -2.14. The van der Waals surface area contributed by atoms with Crippen molar-refractivity contribution in [2.24, 2.45) is 4.99 Å². The molecule has 0 saturated heterocycles. The van der Waals surface area contributed by atoms with Gasteiger partial charge < -0.3 is 24.7 Å². The zero-order valence-electron chi connectivity index (χ0n) is 16.2. The van der Waals surface area contributed by atoms with Crippen LogP contribution in [0.15, 0.2) is 52.4 Å². The van der Waals surface area contributed by atoms with Crippen LogP contribution in [0.25, 0.3) is 0 Å². The first-order valence-corrected chi connectivity index (χ1v) is 9.10. The molecule has 0 aliphatic carbocycles. The van der Waals surface area contributed by atoms with Crippen LogP contribution >= 0.6 is 0 Å². The smallest absolute Gasteiger partial charge is 0.250 e. The molecular weight excluding hydrogens is 344 g/mol. The van der Waals surface area contributed by atoms with Crippen LogP contribution in [0.4, 0.5) is 5.69 Å². The van der Waals surface area contributed by atoms with Gasteiger partial charge in [0.2, 0.25) is 5.56 Å². The monoisotopic (exact) mass is 372 g/mol. The Balaban J connectivity index is 1.90. The van der Waals surface area contributed by atoms with Crippen molar-refractivity contribution in [3.05, 3.63) is 52.9 Å². The van der Waals surface area contributed by atoms with Gasteiger partial charge in [-0.15, -0.1) is 0 Å². The van der Waals surface area contributed by atoms with Crippen LogP contribution in [0, 0.1) is 0 Å². The molecule has 7 nitrogen and oxygen atoms in total. The quantitative estimate of drug-likeness (QED) is 0.402. The normalized spacial score (nSPS) is 11.1. The molecule has 0 radical (unpaired) electrons. The summed E-state index contributed by atoms with van der Waals surface area (Å²) in [6.07, 6.45) is 3.60. The molecule has 0 unspecified atom stereocenters. The van der Waals surface area contributed by atoms with Gasteiger partial charge in [0.05, 0.1) is 14.2 Å². The highest BCUT2D eigenvalue weighted by molar-refractivity contribution is 5.93. The van der Waals surface area contributed by atoms with Gasteiger partial charge in [-0.2, -0.15) is 0 Å². The highest BCUT2D eigenvalue weighted by atomic mass is 16.5. The van der Waals surface area contributed by atoms with E-state index in [1.54, 1.807) is 30.9 Å². The fraction of sp³-hybridized carbons (Fsp3) is 0.400. The third kappa shape index (κ3) is 6.36. The first-order chi connectivity index (χ1) is 13.2. The third-order valence-electron chi connectivity index (χ3n) is 3.97. The van der Waals surface area contributed by atoms with Crippen LogP contribution in [-0.4, -0.2) is 37.8 Å². The van der Waals surface area contributed by atoms with Gasteiger partial charge in [-0.25, -0.2) is 0 Å². The molecule has 146 valence electrons. The number of hydrogen-bond acceptors (Lipinski definition) is 4. The topological polar surface area (TPSA) is 76.9 Å². The molecule has 0 spiro atoms. The second kappa shape index (κ2) is 10.9. The molecule has 0 bridgehead atoms. The van der Waals surface area contributed by atoms with Gasteiger partial charge in [-0.3, -0.25) is 9.79 Å². The number of aromatic nitrogens is 1. The minimum absolute atomic E-state index is 0.0319. The maximum Gasteiger partial charge on any atom is 0.250 e. The molecule has 0 amide bonds. The van der Waals surface area contributed by atoms with E-state index in [0.29, 0.717) is 30.5 Å². The largest absolute Gasteiger partial charge is 0.493 e. The molecule has 0 saturated carbocycles. The van der Waals surface area contributed by atoms with Gasteiger partial charge in [0.25, 0.3) is 0 Å². The van der Waals surface area contributed by atoms with Gasteiger partial charge in [0.15, 0.2) is 17.5 Å². The number of aliphatic imine (C=N–C) groups is 1. The van der Waals surface area contributed by atoms with Crippen LogP contribution in [0.2, 0.25) is 0 Å². The number of aryl methyl sites for hydroxylation is 1. The molecule has 2 aromatic rings. The lowest BCUT2D eigenvalue weighted by atomic mass is 10.2. The number of ether oxygens (including phenoxy) is 2. The summed E-state index contributed by atoms with van der Waals surface area (Å²) in [5.74, 6) is 2.05. The number of hydrogen-bond donors (Lipinski definition) is 2. The summed E-state index contributed by atoms with van der Waals surface area (Å²) < 4.78 is 12.3. The molecule has 0 aliphatic rings. The molecule has 0 fully saturated rings. The maximum absolute atomic E-state index is 11.7. The number of nitrogens with zero attached hydrogens (tertiary/aromatic N) is 2. The van der Waals surface area contributed by atoms with E-state index in [9.17, 15) is 4.79 Å². The Kier molecular flexibility index (Phi) is 8.22. The summed E-state index contributed by atoms with van der Waals surface area (Å²) in [7, 11) is 3.22. The zero-order valence-corrected chi connectivity index (χ0v) is 16.2. The molecule has 0 atom stereocenters. The highest BCUT2D eigenvalue weighted by Crippen LogP contribution is 2.29. The van der Waals surface area contributed by atoms with Crippen LogP contribution in [-0.2, 0) is 6.54 Å². The summed E-state index contributed by atoms with van der Waals surface area (Å²) in [5, 5.41) is 6.50. The lowest BCUT2D eigenvalue weighted by molar-refractivity contribution is 0.355. The molecule has 0 aliphatic heterocycles. The Hall–Kier alpha value is -2.96. The summed E-state index contributed by atoms with van der Waals surface area (Å²) in [4.78, 5) is 16.3. The van der Waals surface area contributed by atoms with Gasteiger partial charge >= 0.3 is 0 Å². The number of nitrogens with one attached hydrogen (secondary N) is 2.